The Morgan fingerprint density at radius 3 is 2.88 bits per heavy atom. The van der Waals surface area contributed by atoms with Gasteiger partial charge in [0.25, 0.3) is 0 Å². The van der Waals surface area contributed by atoms with E-state index in [4.69, 9.17) is 4.74 Å². The highest BCUT2D eigenvalue weighted by molar-refractivity contribution is 7.09. The van der Waals surface area contributed by atoms with Gasteiger partial charge in [0, 0.05) is 17.5 Å². The Bertz CT molecular complexity index is 865. The highest BCUT2D eigenvalue weighted by Crippen LogP contribution is 2.27. The lowest BCUT2D eigenvalue weighted by molar-refractivity contribution is -0.117. The van der Waals surface area contributed by atoms with E-state index in [2.05, 4.69) is 28.5 Å². The van der Waals surface area contributed by atoms with E-state index in [1.807, 2.05) is 38.3 Å². The van der Waals surface area contributed by atoms with Crippen LogP contribution in [-0.4, -0.2) is 24.0 Å². The number of hydrogen-bond donors (Lipinski definition) is 1. The number of carbonyl (C=O) groups excluding carboxylic acids is 1. The van der Waals surface area contributed by atoms with Gasteiger partial charge in [-0.15, -0.1) is 11.3 Å². The van der Waals surface area contributed by atoms with Crippen LogP contribution in [0.5, 0.6) is 5.75 Å². The monoisotopic (exact) mass is 368 g/mol. The van der Waals surface area contributed by atoms with E-state index in [9.17, 15) is 4.79 Å². The van der Waals surface area contributed by atoms with Gasteiger partial charge in [0.1, 0.15) is 5.75 Å². The molecule has 0 atom stereocenters. The first-order chi connectivity index (χ1) is 12.6. The number of aryl methyl sites for hydroxylation is 2. The molecule has 1 aliphatic rings. The fourth-order valence-electron chi connectivity index (χ4n) is 2.98. The van der Waals surface area contributed by atoms with Crippen molar-refractivity contribution < 1.29 is 9.53 Å². The molecule has 1 aliphatic carbocycles. The van der Waals surface area contributed by atoms with Crippen molar-refractivity contribution in [3.63, 3.8) is 0 Å². The number of nitrogens with zero attached hydrogens (tertiary/aromatic N) is 1. The first-order valence-electron chi connectivity index (χ1n) is 8.90. The summed E-state index contributed by atoms with van der Waals surface area (Å²) < 4.78 is 5.56. The third kappa shape index (κ3) is 4.41. The topological polar surface area (TPSA) is 51.2 Å². The summed E-state index contributed by atoms with van der Waals surface area (Å²) in [5, 5.41) is 6.09. The Balaban J connectivity index is 1.51. The molecule has 5 heteroatoms. The zero-order valence-corrected chi connectivity index (χ0v) is 16.3. The van der Waals surface area contributed by atoms with Crippen molar-refractivity contribution >= 4 is 22.8 Å². The number of aromatic nitrogens is 1. The quantitative estimate of drug-likeness (QED) is 0.796. The van der Waals surface area contributed by atoms with E-state index >= 15 is 0 Å². The molecule has 1 amide bonds. The number of hydrogen-bond acceptors (Lipinski definition) is 4. The number of nitrogens with one attached hydrogen (secondary N) is 1. The van der Waals surface area contributed by atoms with Crippen LogP contribution < -0.4 is 10.1 Å². The van der Waals surface area contributed by atoms with Gasteiger partial charge in [-0.3, -0.25) is 4.79 Å². The third-order valence-corrected chi connectivity index (χ3v) is 5.09. The van der Waals surface area contributed by atoms with Gasteiger partial charge >= 0.3 is 0 Å². The van der Waals surface area contributed by atoms with E-state index in [0.717, 1.165) is 39.6 Å². The number of ether oxygens (including phenoxy) is 1. The van der Waals surface area contributed by atoms with Crippen molar-refractivity contribution in [1.82, 2.24) is 10.3 Å². The van der Waals surface area contributed by atoms with Crippen LogP contribution in [0.2, 0.25) is 0 Å². The number of carbonyl (C=O) groups is 1. The predicted molar refractivity (Wildman–Crippen MR) is 107 cm³/mol. The Morgan fingerprint density at radius 2 is 2.19 bits per heavy atom. The number of thiazole rings is 1. The molecular formula is C21H24N2O2S. The van der Waals surface area contributed by atoms with E-state index in [1.54, 1.807) is 11.3 Å². The lowest BCUT2D eigenvalue weighted by atomic mass is 10.1. The van der Waals surface area contributed by atoms with Crippen molar-refractivity contribution in [2.75, 3.05) is 13.2 Å². The number of amides is 1. The van der Waals surface area contributed by atoms with Gasteiger partial charge < -0.3 is 10.1 Å². The van der Waals surface area contributed by atoms with Crippen LogP contribution in [0.4, 0.5) is 0 Å². The fourth-order valence-corrected chi connectivity index (χ4v) is 3.60. The maximum Gasteiger partial charge on any atom is 0.247 e. The normalized spacial score (nSPS) is 13.3. The van der Waals surface area contributed by atoms with Gasteiger partial charge in [0.2, 0.25) is 5.91 Å². The van der Waals surface area contributed by atoms with E-state index < -0.39 is 0 Å². The lowest BCUT2D eigenvalue weighted by Crippen LogP contribution is -2.26. The summed E-state index contributed by atoms with van der Waals surface area (Å²) in [5.41, 5.74) is 5.13. The second-order valence-corrected chi connectivity index (χ2v) is 7.39. The summed E-state index contributed by atoms with van der Waals surface area (Å²) in [6.07, 6.45) is 5.49. The Hall–Kier alpha value is -2.40. The van der Waals surface area contributed by atoms with Gasteiger partial charge in [-0.25, -0.2) is 4.98 Å². The maximum atomic E-state index is 12.4. The van der Waals surface area contributed by atoms with Crippen molar-refractivity contribution in [3.8, 4) is 5.75 Å². The number of allylic oxidation sites excluding steroid dienone is 3. The molecular weight excluding hydrogens is 344 g/mol. The number of benzene rings is 1. The summed E-state index contributed by atoms with van der Waals surface area (Å²) in [4.78, 5) is 16.9. The highest BCUT2D eigenvalue weighted by atomic mass is 32.1. The molecule has 0 radical (unpaired) electrons. The minimum Gasteiger partial charge on any atom is -0.494 e. The van der Waals surface area contributed by atoms with E-state index in [0.29, 0.717) is 19.6 Å². The van der Waals surface area contributed by atoms with Gasteiger partial charge in [0.15, 0.2) is 0 Å². The first kappa shape index (κ1) is 18.4. The molecule has 0 saturated carbocycles. The molecule has 136 valence electrons. The molecule has 0 saturated heterocycles. The molecule has 2 aromatic rings. The standard InChI is InChI=1S/C21H24N2O2S/c1-4-25-20-8-5-16(11-14(20)2)9-10-22-21(24)18-7-6-17(12-18)19-13-26-15(3)23-19/h5-6,8,11-13H,4,7,9-10H2,1-3H3,(H,22,24). The van der Waals surface area contributed by atoms with Crippen molar-refractivity contribution in [2.45, 2.75) is 33.6 Å². The van der Waals surface area contributed by atoms with Crippen LogP contribution in [0.25, 0.3) is 5.57 Å². The second kappa shape index (κ2) is 8.32. The lowest BCUT2D eigenvalue weighted by Gasteiger charge is -2.10. The summed E-state index contributed by atoms with van der Waals surface area (Å²) in [6, 6.07) is 6.18. The van der Waals surface area contributed by atoms with Crippen molar-refractivity contribution in [3.05, 3.63) is 63.1 Å². The van der Waals surface area contributed by atoms with Gasteiger partial charge in [-0.1, -0.05) is 18.2 Å². The molecule has 0 fully saturated rings. The van der Waals surface area contributed by atoms with Crippen LogP contribution in [0.15, 0.2) is 41.3 Å². The van der Waals surface area contributed by atoms with Crippen LogP contribution in [0, 0.1) is 13.8 Å². The average Bonchev–Trinajstić information content (AvgIpc) is 3.26. The predicted octanol–water partition coefficient (Wildman–Crippen LogP) is 4.23. The summed E-state index contributed by atoms with van der Waals surface area (Å²) in [5.74, 6) is 0.929. The molecule has 4 nitrogen and oxygen atoms in total. The molecule has 3 rings (SSSR count). The third-order valence-electron chi connectivity index (χ3n) is 4.32. The molecule has 0 unspecified atom stereocenters. The largest absolute Gasteiger partial charge is 0.494 e. The van der Waals surface area contributed by atoms with Crippen LogP contribution >= 0.6 is 11.3 Å². The minimum absolute atomic E-state index is 0.00543. The SMILES string of the molecule is CCOc1ccc(CCNC(=O)C2=CC(c3csc(C)n3)=CC2)cc1C. The molecule has 0 aliphatic heterocycles. The number of rotatable bonds is 7. The Kier molecular flexibility index (Phi) is 5.89. The molecule has 0 spiro atoms. The van der Waals surface area contributed by atoms with E-state index in [-0.39, 0.29) is 5.91 Å². The van der Waals surface area contributed by atoms with Crippen molar-refractivity contribution in [2.24, 2.45) is 0 Å². The zero-order valence-electron chi connectivity index (χ0n) is 15.5. The summed E-state index contributed by atoms with van der Waals surface area (Å²) in [6.45, 7) is 7.31. The zero-order chi connectivity index (χ0) is 18.5. The molecule has 1 N–H and O–H groups in total. The first-order valence-corrected chi connectivity index (χ1v) is 9.78. The van der Waals surface area contributed by atoms with E-state index in [1.165, 1.54) is 5.56 Å². The minimum atomic E-state index is 0.00543. The smallest absolute Gasteiger partial charge is 0.247 e. The fraction of sp³-hybridized carbons (Fsp3) is 0.333. The Labute approximate surface area is 158 Å². The molecule has 1 aromatic carbocycles. The summed E-state index contributed by atoms with van der Waals surface area (Å²) >= 11 is 1.63. The second-order valence-electron chi connectivity index (χ2n) is 6.32. The molecule has 1 aromatic heterocycles. The van der Waals surface area contributed by atoms with Crippen molar-refractivity contribution in [1.29, 1.82) is 0 Å². The molecule has 26 heavy (non-hydrogen) atoms. The van der Waals surface area contributed by atoms with Gasteiger partial charge in [-0.2, -0.15) is 0 Å². The van der Waals surface area contributed by atoms with Crippen LogP contribution in [0.3, 0.4) is 0 Å². The molecule has 0 bridgehead atoms. The van der Waals surface area contributed by atoms with Gasteiger partial charge in [-0.05, 0) is 62.5 Å². The molecule has 1 heterocycles. The highest BCUT2D eigenvalue weighted by Gasteiger charge is 2.16. The Morgan fingerprint density at radius 1 is 1.35 bits per heavy atom. The average molecular weight is 369 g/mol. The van der Waals surface area contributed by atoms with Crippen LogP contribution in [-0.2, 0) is 11.2 Å². The summed E-state index contributed by atoms with van der Waals surface area (Å²) in [7, 11) is 0. The van der Waals surface area contributed by atoms with Crippen LogP contribution in [0.1, 0.15) is 35.2 Å². The maximum absolute atomic E-state index is 12.4. The van der Waals surface area contributed by atoms with Gasteiger partial charge in [0.05, 0.1) is 17.3 Å².